The van der Waals surface area contributed by atoms with Crippen LogP contribution in [0.1, 0.15) is 35.7 Å². The average molecular weight is 236 g/mol. The van der Waals surface area contributed by atoms with Gasteiger partial charge in [0.2, 0.25) is 0 Å². The molecule has 4 nitrogen and oxygen atoms in total. The number of rotatable bonds is 6. The van der Waals surface area contributed by atoms with Gasteiger partial charge in [-0.1, -0.05) is 12.1 Å². The van der Waals surface area contributed by atoms with Gasteiger partial charge in [-0.3, -0.25) is 4.79 Å². The summed E-state index contributed by atoms with van der Waals surface area (Å²) in [4.78, 5) is 21.8. The van der Waals surface area contributed by atoms with Gasteiger partial charge in [0.1, 0.15) is 0 Å². The average Bonchev–Trinajstić information content (AvgIpc) is 2.30. The number of ether oxygens (including phenoxy) is 1. The molecule has 1 rings (SSSR count). The van der Waals surface area contributed by atoms with E-state index in [4.69, 9.17) is 9.84 Å². The fourth-order valence-corrected chi connectivity index (χ4v) is 1.53. The second kappa shape index (κ2) is 6.68. The fraction of sp³-hybridized carbons (Fsp3) is 0.385. The van der Waals surface area contributed by atoms with Crippen LogP contribution in [-0.4, -0.2) is 23.7 Å². The molecule has 0 amide bonds. The smallest absolute Gasteiger partial charge is 0.335 e. The van der Waals surface area contributed by atoms with Crippen LogP contribution in [-0.2, 0) is 16.0 Å². The molecule has 0 heterocycles. The Kier molecular flexibility index (Phi) is 5.20. The van der Waals surface area contributed by atoms with Crippen LogP contribution in [0.5, 0.6) is 0 Å². The third kappa shape index (κ3) is 4.68. The van der Waals surface area contributed by atoms with Gasteiger partial charge >= 0.3 is 11.9 Å². The Morgan fingerprint density at radius 1 is 1.35 bits per heavy atom. The number of aromatic carboxylic acids is 1. The van der Waals surface area contributed by atoms with Crippen molar-refractivity contribution in [3.8, 4) is 0 Å². The number of esters is 1. The number of carboxylic acids is 1. The van der Waals surface area contributed by atoms with Gasteiger partial charge < -0.3 is 9.84 Å². The molecule has 0 saturated carbocycles. The summed E-state index contributed by atoms with van der Waals surface area (Å²) < 4.78 is 4.81. The van der Waals surface area contributed by atoms with E-state index in [0.717, 1.165) is 5.56 Å². The van der Waals surface area contributed by atoms with E-state index in [-0.39, 0.29) is 11.5 Å². The second-order valence-electron chi connectivity index (χ2n) is 3.66. The minimum absolute atomic E-state index is 0.207. The van der Waals surface area contributed by atoms with Gasteiger partial charge in [0.05, 0.1) is 12.2 Å². The summed E-state index contributed by atoms with van der Waals surface area (Å²) in [6.07, 6.45) is 1.72. The first kappa shape index (κ1) is 13.2. The first-order valence-electron chi connectivity index (χ1n) is 5.61. The zero-order valence-electron chi connectivity index (χ0n) is 9.81. The Bertz CT molecular complexity index is 398. The Balaban J connectivity index is 2.44. The number of aryl methyl sites for hydroxylation is 1. The van der Waals surface area contributed by atoms with Crippen LogP contribution in [0.4, 0.5) is 0 Å². The van der Waals surface area contributed by atoms with Gasteiger partial charge in [-0.05, 0) is 37.5 Å². The molecule has 0 fully saturated rings. The number of hydrogen-bond donors (Lipinski definition) is 1. The first-order chi connectivity index (χ1) is 8.13. The summed E-state index contributed by atoms with van der Waals surface area (Å²) in [5.74, 6) is -1.14. The highest BCUT2D eigenvalue weighted by molar-refractivity contribution is 5.87. The Hall–Kier alpha value is -1.84. The lowest BCUT2D eigenvalue weighted by Gasteiger charge is -2.03. The van der Waals surface area contributed by atoms with Crippen LogP contribution in [0.15, 0.2) is 24.3 Å². The van der Waals surface area contributed by atoms with E-state index >= 15 is 0 Å². The molecular formula is C13H16O4. The number of hydrogen-bond acceptors (Lipinski definition) is 3. The van der Waals surface area contributed by atoms with E-state index in [0.29, 0.717) is 25.9 Å². The van der Waals surface area contributed by atoms with Crippen molar-refractivity contribution in [1.29, 1.82) is 0 Å². The first-order valence-corrected chi connectivity index (χ1v) is 5.61. The van der Waals surface area contributed by atoms with Crippen LogP contribution in [0.3, 0.4) is 0 Å². The van der Waals surface area contributed by atoms with E-state index < -0.39 is 5.97 Å². The monoisotopic (exact) mass is 236 g/mol. The van der Waals surface area contributed by atoms with Crippen molar-refractivity contribution >= 4 is 11.9 Å². The maximum Gasteiger partial charge on any atom is 0.335 e. The Morgan fingerprint density at radius 3 is 2.76 bits per heavy atom. The van der Waals surface area contributed by atoms with Gasteiger partial charge in [0.25, 0.3) is 0 Å². The molecular weight excluding hydrogens is 220 g/mol. The summed E-state index contributed by atoms with van der Waals surface area (Å²) >= 11 is 0. The number of carboxylic acid groups (broad SMARTS) is 1. The normalized spacial score (nSPS) is 9.94. The molecule has 17 heavy (non-hydrogen) atoms. The minimum Gasteiger partial charge on any atom is -0.478 e. The zero-order valence-corrected chi connectivity index (χ0v) is 9.81. The number of carbonyl (C=O) groups excluding carboxylic acids is 1. The predicted octanol–water partition coefficient (Wildman–Crippen LogP) is 2.27. The van der Waals surface area contributed by atoms with Gasteiger partial charge in [0.15, 0.2) is 0 Å². The van der Waals surface area contributed by atoms with E-state index in [9.17, 15) is 9.59 Å². The highest BCUT2D eigenvalue weighted by atomic mass is 16.5. The summed E-state index contributed by atoms with van der Waals surface area (Å²) in [5, 5.41) is 8.82. The van der Waals surface area contributed by atoms with Crippen LogP contribution in [0.25, 0.3) is 0 Å². The van der Waals surface area contributed by atoms with Crippen molar-refractivity contribution in [3.63, 3.8) is 0 Å². The summed E-state index contributed by atoms with van der Waals surface area (Å²) in [5.41, 5.74) is 1.20. The van der Waals surface area contributed by atoms with Crippen LogP contribution in [0.2, 0.25) is 0 Å². The summed E-state index contributed by atoms with van der Waals surface area (Å²) in [7, 11) is 0. The quantitative estimate of drug-likeness (QED) is 0.769. The molecule has 1 N–H and O–H groups in total. The molecule has 0 aliphatic carbocycles. The van der Waals surface area contributed by atoms with Crippen LogP contribution < -0.4 is 0 Å². The van der Waals surface area contributed by atoms with E-state index in [1.54, 1.807) is 25.1 Å². The molecule has 0 radical (unpaired) electrons. The van der Waals surface area contributed by atoms with E-state index in [1.807, 2.05) is 6.07 Å². The third-order valence-electron chi connectivity index (χ3n) is 2.33. The molecule has 0 atom stereocenters. The minimum atomic E-state index is -0.933. The molecule has 1 aromatic rings. The van der Waals surface area contributed by atoms with Gasteiger partial charge in [-0.15, -0.1) is 0 Å². The lowest BCUT2D eigenvalue weighted by atomic mass is 10.1. The lowest BCUT2D eigenvalue weighted by Crippen LogP contribution is -2.04. The summed E-state index contributed by atoms with van der Waals surface area (Å²) in [6.45, 7) is 2.17. The maximum atomic E-state index is 11.1. The van der Waals surface area contributed by atoms with Crippen LogP contribution in [0, 0.1) is 0 Å². The predicted molar refractivity (Wildman–Crippen MR) is 63.0 cm³/mol. The number of carbonyl (C=O) groups is 2. The van der Waals surface area contributed by atoms with Crippen molar-refractivity contribution in [2.45, 2.75) is 26.2 Å². The van der Waals surface area contributed by atoms with E-state index in [2.05, 4.69) is 0 Å². The topological polar surface area (TPSA) is 63.6 Å². The van der Waals surface area contributed by atoms with Gasteiger partial charge in [-0.2, -0.15) is 0 Å². The maximum absolute atomic E-state index is 11.1. The van der Waals surface area contributed by atoms with E-state index in [1.165, 1.54) is 0 Å². The molecule has 1 aromatic carbocycles. The highest BCUT2D eigenvalue weighted by Gasteiger charge is 2.05. The molecule has 0 aliphatic heterocycles. The van der Waals surface area contributed by atoms with Gasteiger partial charge in [-0.25, -0.2) is 4.79 Å². The van der Waals surface area contributed by atoms with Crippen molar-refractivity contribution in [1.82, 2.24) is 0 Å². The molecule has 0 bridgehead atoms. The third-order valence-corrected chi connectivity index (χ3v) is 2.33. The SMILES string of the molecule is CCOC(=O)CCCc1cccc(C(=O)O)c1. The second-order valence-corrected chi connectivity index (χ2v) is 3.66. The molecule has 92 valence electrons. The molecule has 0 spiro atoms. The largest absolute Gasteiger partial charge is 0.478 e. The molecule has 0 aliphatic rings. The van der Waals surface area contributed by atoms with Crippen LogP contribution >= 0.6 is 0 Å². The highest BCUT2D eigenvalue weighted by Crippen LogP contribution is 2.09. The lowest BCUT2D eigenvalue weighted by molar-refractivity contribution is -0.143. The van der Waals surface area contributed by atoms with Crippen molar-refractivity contribution in [3.05, 3.63) is 35.4 Å². The van der Waals surface area contributed by atoms with Crippen molar-refractivity contribution < 1.29 is 19.4 Å². The zero-order chi connectivity index (χ0) is 12.7. The molecule has 0 unspecified atom stereocenters. The fourth-order valence-electron chi connectivity index (χ4n) is 1.53. The molecule has 0 saturated heterocycles. The molecule has 0 aromatic heterocycles. The Labute approximate surface area is 100 Å². The Morgan fingerprint density at radius 2 is 2.12 bits per heavy atom. The van der Waals surface area contributed by atoms with Crippen molar-refractivity contribution in [2.24, 2.45) is 0 Å². The van der Waals surface area contributed by atoms with Crippen molar-refractivity contribution in [2.75, 3.05) is 6.61 Å². The summed E-state index contributed by atoms with van der Waals surface area (Å²) in [6, 6.07) is 6.76. The standard InChI is InChI=1S/C13H16O4/c1-2-17-12(14)8-4-6-10-5-3-7-11(9-10)13(15)16/h3,5,7,9H,2,4,6,8H2,1H3,(H,15,16). The molecule has 4 heteroatoms. The number of benzene rings is 1. The van der Waals surface area contributed by atoms with Gasteiger partial charge in [0, 0.05) is 6.42 Å².